The summed E-state index contributed by atoms with van der Waals surface area (Å²) in [4.78, 5) is 4.39. The second kappa shape index (κ2) is 4.92. The molecule has 0 aliphatic heterocycles. The van der Waals surface area contributed by atoms with Gasteiger partial charge < -0.3 is 16.1 Å². The van der Waals surface area contributed by atoms with E-state index < -0.39 is 0 Å². The molecule has 0 atom stereocenters. The van der Waals surface area contributed by atoms with Crippen LogP contribution >= 0.6 is 0 Å². The predicted molar refractivity (Wildman–Crippen MR) is 80.7 cm³/mol. The van der Waals surface area contributed by atoms with Gasteiger partial charge in [-0.15, -0.1) is 0 Å². The highest BCUT2D eigenvalue weighted by Gasteiger charge is 2.14. The van der Waals surface area contributed by atoms with E-state index in [0.29, 0.717) is 33.8 Å². The first-order valence-electron chi connectivity index (χ1n) is 6.39. The minimum absolute atomic E-state index is 0.347. The van der Waals surface area contributed by atoms with Crippen molar-refractivity contribution in [1.82, 2.24) is 9.71 Å². The summed E-state index contributed by atoms with van der Waals surface area (Å²) < 4.78 is 1.46. The van der Waals surface area contributed by atoms with Crippen molar-refractivity contribution in [2.24, 2.45) is 5.73 Å². The van der Waals surface area contributed by atoms with E-state index >= 15 is 0 Å². The van der Waals surface area contributed by atoms with E-state index in [1.807, 2.05) is 24.3 Å². The quantitative estimate of drug-likeness (QED) is 0.253. The number of nitrogens with two attached hydrogens (primary N) is 1. The lowest BCUT2D eigenvalue weighted by atomic mass is 10.1. The van der Waals surface area contributed by atoms with Crippen molar-refractivity contribution < 1.29 is 9.95 Å². The Kier molecular flexibility index (Phi) is 3.08. The van der Waals surface area contributed by atoms with Crippen LogP contribution in [-0.2, 0) is 6.54 Å². The summed E-state index contributed by atoms with van der Waals surface area (Å²) in [6.07, 6.45) is 0. The molecule has 106 valence electrons. The van der Waals surface area contributed by atoms with Gasteiger partial charge in [-0.2, -0.15) is 9.47 Å². The van der Waals surface area contributed by atoms with Gasteiger partial charge in [-0.05, 0) is 17.7 Å². The molecule has 3 rings (SSSR count). The third kappa shape index (κ3) is 2.21. The lowest BCUT2D eigenvalue weighted by molar-refractivity contribution is -0.349. The summed E-state index contributed by atoms with van der Waals surface area (Å²) in [5.41, 5.74) is 8.72. The number of hydrogen-bond acceptors (Lipinski definition) is 4. The van der Waals surface area contributed by atoms with Crippen LogP contribution in [0.2, 0.25) is 0 Å². The number of aromatic nitrogens is 2. The molecule has 0 spiro atoms. The first-order chi connectivity index (χ1) is 10.1. The summed E-state index contributed by atoms with van der Waals surface area (Å²) >= 11 is 0. The molecule has 0 unspecified atom stereocenters. The molecule has 21 heavy (non-hydrogen) atoms. The molecular weight excluding hydrogens is 268 g/mol. The van der Waals surface area contributed by atoms with Crippen LogP contribution < -0.4 is 5.73 Å². The second-order valence-corrected chi connectivity index (χ2v) is 4.70. The zero-order valence-electron chi connectivity index (χ0n) is 11.2. The first kappa shape index (κ1) is 13.1. The molecule has 1 aromatic heterocycles. The van der Waals surface area contributed by atoms with Gasteiger partial charge in [0.25, 0.3) is 0 Å². The number of nitrogens with zero attached hydrogens (tertiary/aromatic N) is 3. The highest BCUT2D eigenvalue weighted by molar-refractivity contribution is 5.82. The average Bonchev–Trinajstić information content (AvgIpc) is 2.84. The number of rotatable bonds is 3. The van der Waals surface area contributed by atoms with E-state index in [9.17, 15) is 10.4 Å². The third-order valence-corrected chi connectivity index (χ3v) is 3.32. The summed E-state index contributed by atoms with van der Waals surface area (Å²) in [6.45, 7) is 3.70. The summed E-state index contributed by atoms with van der Waals surface area (Å²) in [5.74, 6) is 0.402. The zero-order valence-corrected chi connectivity index (χ0v) is 11.2. The Morgan fingerprint density at radius 2 is 2.10 bits per heavy atom. The molecule has 3 aromatic rings. The van der Waals surface area contributed by atoms with E-state index in [1.165, 1.54) is 0 Å². The maximum absolute atomic E-state index is 11.2. The molecular formula is C15H14N4O2. The van der Waals surface area contributed by atoms with Crippen molar-refractivity contribution in [3.63, 3.8) is 0 Å². The Morgan fingerprint density at radius 3 is 2.81 bits per heavy atom. The number of benzene rings is 2. The highest BCUT2D eigenvalue weighted by atomic mass is 16.5. The van der Waals surface area contributed by atoms with Crippen molar-refractivity contribution in [1.29, 1.82) is 0 Å². The largest absolute Gasteiger partial charge is 0.619 e. The molecule has 0 bridgehead atoms. The summed E-state index contributed by atoms with van der Waals surface area (Å²) in [7, 11) is 0. The van der Waals surface area contributed by atoms with Gasteiger partial charge in [-0.1, -0.05) is 18.2 Å². The van der Waals surface area contributed by atoms with Crippen LogP contribution in [0.1, 0.15) is 5.56 Å². The normalized spacial score (nSPS) is 10.9. The molecule has 3 N–H and O–H groups in total. The standard InChI is InChI=1S/C15H14N4O2/c1-18(20)12-5-6-13-14(8-12)19(21)15(17-13)11-4-2-3-10(7-11)9-16/h2-8,21H,1,9,16H2. The van der Waals surface area contributed by atoms with Crippen molar-refractivity contribution in [3.05, 3.63) is 53.2 Å². The van der Waals surface area contributed by atoms with Crippen LogP contribution in [0, 0.1) is 5.21 Å². The van der Waals surface area contributed by atoms with Crippen LogP contribution in [0.25, 0.3) is 22.4 Å². The van der Waals surface area contributed by atoms with Crippen molar-refractivity contribution in [2.45, 2.75) is 6.54 Å². The van der Waals surface area contributed by atoms with Gasteiger partial charge in [0.05, 0.1) is 5.52 Å². The minimum Gasteiger partial charge on any atom is -0.619 e. The van der Waals surface area contributed by atoms with Crippen LogP contribution in [-0.4, -0.2) is 26.4 Å². The minimum atomic E-state index is 0.347. The third-order valence-electron chi connectivity index (χ3n) is 3.32. The van der Waals surface area contributed by atoms with Gasteiger partial charge in [0, 0.05) is 24.2 Å². The predicted octanol–water partition coefficient (Wildman–Crippen LogP) is 2.24. The molecule has 0 fully saturated rings. The van der Waals surface area contributed by atoms with Crippen LogP contribution in [0.15, 0.2) is 42.5 Å². The van der Waals surface area contributed by atoms with Crippen molar-refractivity contribution in [3.8, 4) is 11.4 Å². The molecule has 0 saturated heterocycles. The second-order valence-electron chi connectivity index (χ2n) is 4.70. The maximum atomic E-state index is 11.2. The van der Waals surface area contributed by atoms with Gasteiger partial charge in [0.1, 0.15) is 12.2 Å². The molecule has 6 nitrogen and oxygen atoms in total. The molecule has 1 heterocycles. The maximum Gasteiger partial charge on any atom is 0.218 e. The first-order valence-corrected chi connectivity index (χ1v) is 6.39. The monoisotopic (exact) mass is 282 g/mol. The number of fused-ring (bicyclic) bond motifs is 1. The fourth-order valence-electron chi connectivity index (χ4n) is 2.23. The van der Waals surface area contributed by atoms with E-state index in [1.54, 1.807) is 18.2 Å². The molecule has 0 radical (unpaired) electrons. The van der Waals surface area contributed by atoms with Crippen molar-refractivity contribution in [2.75, 3.05) is 0 Å². The molecule has 0 aliphatic carbocycles. The fraction of sp³-hybridized carbons (Fsp3) is 0.0667. The van der Waals surface area contributed by atoms with Crippen LogP contribution in [0.5, 0.6) is 0 Å². The molecule has 6 heteroatoms. The summed E-state index contributed by atoms with van der Waals surface area (Å²) in [5, 5.41) is 21.5. The topological polar surface area (TPSA) is 90.1 Å². The van der Waals surface area contributed by atoms with E-state index in [0.717, 1.165) is 15.9 Å². The van der Waals surface area contributed by atoms with Gasteiger partial charge in [0.2, 0.25) is 5.69 Å². The number of hydrogen-bond donors (Lipinski definition) is 2. The molecule has 0 aliphatic rings. The van der Waals surface area contributed by atoms with E-state index in [2.05, 4.69) is 11.7 Å². The SMILES string of the molecule is C=[N+]([O-])c1ccc2nc(-c3cccc(CN)c3)n(O)c2c1. The smallest absolute Gasteiger partial charge is 0.218 e. The highest BCUT2D eigenvalue weighted by Crippen LogP contribution is 2.26. The van der Waals surface area contributed by atoms with Crippen molar-refractivity contribution >= 4 is 23.4 Å². The van der Waals surface area contributed by atoms with Crippen LogP contribution in [0.3, 0.4) is 0 Å². The molecule has 0 saturated carbocycles. The zero-order chi connectivity index (χ0) is 15.0. The molecule has 0 amide bonds. The Balaban J connectivity index is 2.19. The van der Waals surface area contributed by atoms with E-state index in [-0.39, 0.29) is 0 Å². The molecule has 2 aromatic carbocycles. The Morgan fingerprint density at radius 1 is 1.29 bits per heavy atom. The number of imidazole rings is 1. The lowest BCUT2D eigenvalue weighted by Crippen LogP contribution is -1.98. The Hall–Kier alpha value is -2.86. The van der Waals surface area contributed by atoms with Gasteiger partial charge in [-0.25, -0.2) is 4.98 Å². The fourth-order valence-corrected chi connectivity index (χ4v) is 2.23. The van der Waals surface area contributed by atoms with Gasteiger partial charge >= 0.3 is 0 Å². The lowest BCUT2D eigenvalue weighted by Gasteiger charge is -2.03. The Bertz CT molecular complexity index is 839. The van der Waals surface area contributed by atoms with E-state index in [4.69, 9.17) is 5.73 Å². The summed E-state index contributed by atoms with van der Waals surface area (Å²) in [6, 6.07) is 12.3. The van der Waals surface area contributed by atoms with Crippen LogP contribution in [0.4, 0.5) is 5.69 Å². The average molecular weight is 282 g/mol. The van der Waals surface area contributed by atoms with Gasteiger partial charge in [0.15, 0.2) is 5.82 Å². The Labute approximate surface area is 120 Å². The van der Waals surface area contributed by atoms with Gasteiger partial charge in [-0.3, -0.25) is 0 Å².